The SMILES string of the molecule is CC[C@@]1(O)C(=O)OCc2c1cc1n(c2=O)Cc2c-1nc1cc(F)c(C)cc1c2Cn1cc(CNC(=O)OC(C)(C)C)nn1. The molecule has 5 heterocycles. The van der Waals surface area contributed by atoms with E-state index in [9.17, 15) is 23.9 Å². The number of hydrogen-bond donors (Lipinski definition) is 2. The Labute approximate surface area is 245 Å². The summed E-state index contributed by atoms with van der Waals surface area (Å²) in [4.78, 5) is 43.0. The molecule has 0 fully saturated rings. The van der Waals surface area contributed by atoms with Gasteiger partial charge in [-0.3, -0.25) is 4.79 Å². The predicted octanol–water partition coefficient (Wildman–Crippen LogP) is 3.19. The van der Waals surface area contributed by atoms with E-state index in [1.54, 1.807) is 57.6 Å². The quantitative estimate of drug-likeness (QED) is 0.294. The smallest absolute Gasteiger partial charge is 0.407 e. The summed E-state index contributed by atoms with van der Waals surface area (Å²) in [7, 11) is 0. The van der Waals surface area contributed by atoms with E-state index in [1.807, 2.05) is 0 Å². The summed E-state index contributed by atoms with van der Waals surface area (Å²) in [6, 6.07) is 4.69. The third-order valence-electron chi connectivity index (χ3n) is 7.81. The number of carbonyl (C=O) groups excluding carboxylic acids is 2. The summed E-state index contributed by atoms with van der Waals surface area (Å²) < 4.78 is 28.3. The number of nitrogens with zero attached hydrogens (tertiary/aromatic N) is 5. The molecule has 12 nitrogen and oxygen atoms in total. The average Bonchev–Trinajstić information content (AvgIpc) is 3.54. The minimum Gasteiger partial charge on any atom is -0.458 e. The standard InChI is InChI=1S/C30H31FN6O6/c1-6-30(41)21-8-24-25-19(13-37(24)26(38)20(21)14-42-27(30)39)18(17-7-15(2)22(31)9-23(17)33-25)12-36-11-16(34-35-36)10-32-28(40)43-29(3,4)5/h7-9,11,41H,6,10,12-14H2,1-5H3,(H,32,40)/t30-/m0/s1. The fourth-order valence-corrected chi connectivity index (χ4v) is 5.61. The van der Waals surface area contributed by atoms with E-state index in [0.717, 1.165) is 11.1 Å². The Bertz CT molecular complexity index is 1890. The Hall–Kier alpha value is -4.65. The van der Waals surface area contributed by atoms with Crippen LogP contribution in [0.1, 0.15) is 67.6 Å². The summed E-state index contributed by atoms with van der Waals surface area (Å²) in [5, 5.41) is 22.9. The molecule has 2 N–H and O–H groups in total. The molecule has 1 aromatic carbocycles. The number of fused-ring (bicyclic) bond motifs is 5. The lowest BCUT2D eigenvalue weighted by molar-refractivity contribution is -0.172. The number of aryl methyl sites for hydroxylation is 1. The number of benzene rings is 1. The highest BCUT2D eigenvalue weighted by Gasteiger charge is 2.45. The van der Waals surface area contributed by atoms with Gasteiger partial charge in [0, 0.05) is 22.6 Å². The molecular weight excluding hydrogens is 559 g/mol. The van der Waals surface area contributed by atoms with E-state index in [4.69, 9.17) is 14.5 Å². The van der Waals surface area contributed by atoms with Crippen LogP contribution in [0.25, 0.3) is 22.3 Å². The molecule has 1 atom stereocenters. The molecule has 43 heavy (non-hydrogen) atoms. The van der Waals surface area contributed by atoms with E-state index < -0.39 is 34.6 Å². The second-order valence-corrected chi connectivity index (χ2v) is 11.9. The summed E-state index contributed by atoms with van der Waals surface area (Å²) in [5.74, 6) is -1.23. The van der Waals surface area contributed by atoms with Crippen molar-refractivity contribution < 1.29 is 28.6 Å². The zero-order valence-corrected chi connectivity index (χ0v) is 24.4. The number of ether oxygens (including phenoxy) is 2. The number of alkyl carbamates (subject to hydrolysis) is 1. The van der Waals surface area contributed by atoms with Gasteiger partial charge in [-0.2, -0.15) is 0 Å². The zero-order chi connectivity index (χ0) is 30.8. The van der Waals surface area contributed by atoms with E-state index in [1.165, 1.54) is 10.6 Å². The van der Waals surface area contributed by atoms with Gasteiger partial charge in [-0.1, -0.05) is 12.1 Å². The first-order valence-corrected chi connectivity index (χ1v) is 13.9. The fraction of sp³-hybridized carbons (Fsp3) is 0.400. The molecule has 224 valence electrons. The van der Waals surface area contributed by atoms with Crippen molar-refractivity contribution in [1.29, 1.82) is 0 Å². The maximum atomic E-state index is 14.7. The molecule has 2 aliphatic rings. The molecule has 0 saturated carbocycles. The van der Waals surface area contributed by atoms with Gasteiger partial charge >= 0.3 is 12.1 Å². The molecule has 0 saturated heterocycles. The first-order chi connectivity index (χ1) is 20.3. The molecule has 6 rings (SSSR count). The van der Waals surface area contributed by atoms with Gasteiger partial charge in [0.15, 0.2) is 5.60 Å². The number of nitrogens with one attached hydrogen (secondary N) is 1. The van der Waals surface area contributed by atoms with Crippen LogP contribution in [0.15, 0.2) is 29.2 Å². The number of halogens is 1. The Kier molecular flexibility index (Phi) is 6.60. The molecule has 0 bridgehead atoms. The van der Waals surface area contributed by atoms with Gasteiger partial charge in [-0.25, -0.2) is 23.6 Å². The van der Waals surface area contributed by atoms with Crippen LogP contribution in [-0.4, -0.2) is 47.3 Å². The summed E-state index contributed by atoms with van der Waals surface area (Å²) in [5.41, 5.74) is 1.11. The van der Waals surface area contributed by atoms with Gasteiger partial charge < -0.3 is 24.5 Å². The Morgan fingerprint density at radius 2 is 2.00 bits per heavy atom. The number of aromatic nitrogens is 5. The van der Waals surface area contributed by atoms with Crippen molar-refractivity contribution in [3.05, 3.63) is 74.1 Å². The molecule has 1 amide bonds. The number of rotatable bonds is 5. The van der Waals surface area contributed by atoms with Gasteiger partial charge in [0.05, 0.1) is 48.3 Å². The van der Waals surface area contributed by atoms with Gasteiger partial charge in [0.1, 0.15) is 23.7 Å². The van der Waals surface area contributed by atoms with Crippen molar-refractivity contribution in [2.75, 3.05) is 0 Å². The molecule has 4 aromatic rings. The lowest BCUT2D eigenvalue weighted by Gasteiger charge is -2.31. The monoisotopic (exact) mass is 590 g/mol. The maximum absolute atomic E-state index is 14.7. The summed E-state index contributed by atoms with van der Waals surface area (Å²) >= 11 is 0. The van der Waals surface area contributed by atoms with Crippen LogP contribution < -0.4 is 10.9 Å². The van der Waals surface area contributed by atoms with E-state index >= 15 is 0 Å². The maximum Gasteiger partial charge on any atom is 0.407 e. The fourth-order valence-electron chi connectivity index (χ4n) is 5.61. The van der Waals surface area contributed by atoms with Crippen LogP contribution in [0.2, 0.25) is 0 Å². The van der Waals surface area contributed by atoms with E-state index in [-0.39, 0.29) is 43.8 Å². The van der Waals surface area contributed by atoms with Gasteiger partial charge in [0.25, 0.3) is 5.56 Å². The molecule has 0 spiro atoms. The topological polar surface area (TPSA) is 150 Å². The van der Waals surface area contributed by atoms with Crippen LogP contribution in [0.5, 0.6) is 0 Å². The number of aliphatic hydroxyl groups is 1. The van der Waals surface area contributed by atoms with Crippen LogP contribution in [0, 0.1) is 12.7 Å². The second kappa shape index (κ2) is 9.97. The molecule has 0 unspecified atom stereocenters. The first-order valence-electron chi connectivity index (χ1n) is 13.9. The molecular formula is C30H31FN6O6. The zero-order valence-electron chi connectivity index (χ0n) is 24.4. The van der Waals surface area contributed by atoms with Gasteiger partial charge in [-0.15, -0.1) is 5.10 Å². The summed E-state index contributed by atoms with van der Waals surface area (Å²) in [6.07, 6.45) is 1.13. The predicted molar refractivity (Wildman–Crippen MR) is 151 cm³/mol. The van der Waals surface area contributed by atoms with Gasteiger partial charge in [0.2, 0.25) is 0 Å². The highest BCUT2D eigenvalue weighted by atomic mass is 19.1. The minimum atomic E-state index is -1.96. The molecule has 13 heteroatoms. The Morgan fingerprint density at radius 1 is 1.23 bits per heavy atom. The van der Waals surface area contributed by atoms with Crippen LogP contribution in [0.4, 0.5) is 9.18 Å². The number of amides is 1. The van der Waals surface area contributed by atoms with Crippen molar-refractivity contribution in [3.63, 3.8) is 0 Å². The Morgan fingerprint density at radius 3 is 2.72 bits per heavy atom. The lowest BCUT2D eigenvalue weighted by Crippen LogP contribution is -2.44. The minimum absolute atomic E-state index is 0.0207. The van der Waals surface area contributed by atoms with E-state index in [2.05, 4.69) is 15.6 Å². The highest BCUT2D eigenvalue weighted by molar-refractivity contribution is 5.89. The molecule has 0 radical (unpaired) electrons. The van der Waals surface area contributed by atoms with Crippen LogP contribution in [-0.2, 0) is 46.1 Å². The van der Waals surface area contributed by atoms with Crippen LogP contribution in [0.3, 0.4) is 0 Å². The lowest BCUT2D eigenvalue weighted by atomic mass is 9.86. The first kappa shape index (κ1) is 28.5. The summed E-state index contributed by atoms with van der Waals surface area (Å²) in [6.45, 7) is 8.86. The number of esters is 1. The average molecular weight is 591 g/mol. The van der Waals surface area contributed by atoms with Crippen molar-refractivity contribution >= 4 is 23.0 Å². The third kappa shape index (κ3) is 4.83. The second-order valence-electron chi connectivity index (χ2n) is 11.9. The molecule has 3 aromatic heterocycles. The highest BCUT2D eigenvalue weighted by Crippen LogP contribution is 2.40. The van der Waals surface area contributed by atoms with Crippen molar-refractivity contribution in [3.8, 4) is 11.4 Å². The number of hydrogen-bond acceptors (Lipinski definition) is 9. The normalized spacial score (nSPS) is 17.3. The van der Waals surface area contributed by atoms with Crippen molar-refractivity contribution in [1.82, 2.24) is 29.9 Å². The molecule has 0 aliphatic carbocycles. The van der Waals surface area contributed by atoms with Crippen molar-refractivity contribution in [2.24, 2.45) is 0 Å². The number of carbonyl (C=O) groups is 2. The largest absolute Gasteiger partial charge is 0.458 e. The van der Waals surface area contributed by atoms with Crippen LogP contribution >= 0.6 is 0 Å². The van der Waals surface area contributed by atoms with E-state index in [0.29, 0.717) is 33.5 Å². The van der Waals surface area contributed by atoms with Crippen molar-refractivity contribution in [2.45, 2.75) is 78.5 Å². The third-order valence-corrected chi connectivity index (χ3v) is 7.81. The Balaban J connectivity index is 1.43. The molecule has 2 aliphatic heterocycles. The van der Waals surface area contributed by atoms with Gasteiger partial charge in [-0.05, 0) is 57.4 Å². The number of pyridine rings is 2. The number of cyclic esters (lactones) is 1.